The van der Waals surface area contributed by atoms with E-state index in [9.17, 15) is 0 Å². The lowest BCUT2D eigenvalue weighted by molar-refractivity contribution is 0.283. The number of piperidine rings is 1. The second-order valence-corrected chi connectivity index (χ2v) is 7.12. The predicted octanol–water partition coefficient (Wildman–Crippen LogP) is 3.23. The third-order valence-corrected chi connectivity index (χ3v) is 5.66. The first-order valence-corrected chi connectivity index (χ1v) is 8.85. The standard InChI is InChI=1S/C16H20BrN5/c17-14-4-1-7-18-16(14)21-9-5-12(6-10-21)13-3-2-8-22-11-19-20-15(13)22/h1,4,7,11-13H,2-3,5-6,8-10H2. The van der Waals surface area contributed by atoms with Gasteiger partial charge in [0.15, 0.2) is 0 Å². The molecule has 0 aliphatic carbocycles. The first-order valence-electron chi connectivity index (χ1n) is 8.06. The maximum Gasteiger partial charge on any atom is 0.142 e. The van der Waals surface area contributed by atoms with Crippen LogP contribution in [0.15, 0.2) is 29.1 Å². The zero-order valence-electron chi connectivity index (χ0n) is 12.5. The van der Waals surface area contributed by atoms with Crippen LogP contribution in [-0.2, 0) is 6.54 Å². The van der Waals surface area contributed by atoms with Crippen molar-refractivity contribution in [3.05, 3.63) is 35.0 Å². The molecule has 0 aromatic carbocycles. The predicted molar refractivity (Wildman–Crippen MR) is 88.9 cm³/mol. The smallest absolute Gasteiger partial charge is 0.142 e. The van der Waals surface area contributed by atoms with Crippen LogP contribution >= 0.6 is 15.9 Å². The summed E-state index contributed by atoms with van der Waals surface area (Å²) in [5.41, 5.74) is 0. The molecule has 1 unspecified atom stereocenters. The number of halogens is 1. The van der Waals surface area contributed by atoms with E-state index in [2.05, 4.69) is 46.6 Å². The first kappa shape index (κ1) is 14.2. The van der Waals surface area contributed by atoms with E-state index in [4.69, 9.17) is 0 Å². The first-order chi connectivity index (χ1) is 10.8. The minimum absolute atomic E-state index is 0.588. The minimum atomic E-state index is 0.588. The Kier molecular flexibility index (Phi) is 3.86. The summed E-state index contributed by atoms with van der Waals surface area (Å²) in [6, 6.07) is 4.03. The van der Waals surface area contributed by atoms with Crippen molar-refractivity contribution in [3.63, 3.8) is 0 Å². The monoisotopic (exact) mass is 361 g/mol. The summed E-state index contributed by atoms with van der Waals surface area (Å²) in [6.07, 6.45) is 8.69. The Labute approximate surface area is 138 Å². The van der Waals surface area contributed by atoms with Crippen LogP contribution in [0.4, 0.5) is 5.82 Å². The van der Waals surface area contributed by atoms with E-state index in [1.54, 1.807) is 0 Å². The van der Waals surface area contributed by atoms with Gasteiger partial charge in [0, 0.05) is 31.7 Å². The average molecular weight is 362 g/mol. The minimum Gasteiger partial charge on any atom is -0.356 e. The highest BCUT2D eigenvalue weighted by atomic mass is 79.9. The van der Waals surface area contributed by atoms with Crippen LogP contribution in [0.25, 0.3) is 0 Å². The zero-order valence-corrected chi connectivity index (χ0v) is 14.1. The highest BCUT2D eigenvalue weighted by Crippen LogP contribution is 2.38. The lowest BCUT2D eigenvalue weighted by atomic mass is 9.80. The highest BCUT2D eigenvalue weighted by molar-refractivity contribution is 9.10. The van der Waals surface area contributed by atoms with Crippen molar-refractivity contribution in [1.29, 1.82) is 0 Å². The summed E-state index contributed by atoms with van der Waals surface area (Å²) in [4.78, 5) is 6.92. The van der Waals surface area contributed by atoms with Crippen LogP contribution in [0.1, 0.15) is 37.4 Å². The van der Waals surface area contributed by atoms with Crippen molar-refractivity contribution in [2.75, 3.05) is 18.0 Å². The largest absolute Gasteiger partial charge is 0.356 e. The number of hydrogen-bond donors (Lipinski definition) is 0. The molecule has 0 saturated carbocycles. The molecule has 6 heteroatoms. The molecule has 0 amide bonds. The molecule has 5 nitrogen and oxygen atoms in total. The molecule has 2 aliphatic rings. The van der Waals surface area contributed by atoms with Crippen molar-refractivity contribution in [2.45, 2.75) is 38.1 Å². The molecular weight excluding hydrogens is 342 g/mol. The van der Waals surface area contributed by atoms with Gasteiger partial charge in [-0.25, -0.2) is 4.98 Å². The van der Waals surface area contributed by atoms with E-state index in [0.717, 1.165) is 35.8 Å². The molecular formula is C16H20BrN5. The molecule has 1 atom stereocenters. The van der Waals surface area contributed by atoms with Gasteiger partial charge in [-0.05, 0) is 59.7 Å². The highest BCUT2D eigenvalue weighted by Gasteiger charge is 2.32. The normalized spacial score (nSPS) is 22.6. The van der Waals surface area contributed by atoms with Gasteiger partial charge >= 0.3 is 0 Å². The number of aromatic nitrogens is 4. The molecule has 0 bridgehead atoms. The zero-order chi connectivity index (χ0) is 14.9. The molecule has 0 radical (unpaired) electrons. The van der Waals surface area contributed by atoms with Gasteiger partial charge in [-0.3, -0.25) is 0 Å². The topological polar surface area (TPSA) is 46.8 Å². The maximum atomic E-state index is 4.52. The molecule has 22 heavy (non-hydrogen) atoms. The van der Waals surface area contributed by atoms with Crippen molar-refractivity contribution < 1.29 is 0 Å². The second-order valence-electron chi connectivity index (χ2n) is 6.26. The van der Waals surface area contributed by atoms with Gasteiger partial charge < -0.3 is 9.47 Å². The number of nitrogens with zero attached hydrogens (tertiary/aromatic N) is 5. The molecule has 1 fully saturated rings. The Morgan fingerprint density at radius 1 is 1.14 bits per heavy atom. The van der Waals surface area contributed by atoms with E-state index in [0.29, 0.717) is 5.92 Å². The second kappa shape index (κ2) is 5.99. The van der Waals surface area contributed by atoms with Gasteiger partial charge in [0.25, 0.3) is 0 Å². The van der Waals surface area contributed by atoms with E-state index >= 15 is 0 Å². The van der Waals surface area contributed by atoms with Crippen molar-refractivity contribution in [3.8, 4) is 0 Å². The van der Waals surface area contributed by atoms with Crippen LogP contribution < -0.4 is 4.90 Å². The number of hydrogen-bond acceptors (Lipinski definition) is 4. The van der Waals surface area contributed by atoms with E-state index < -0.39 is 0 Å². The summed E-state index contributed by atoms with van der Waals surface area (Å²) in [5, 5.41) is 8.49. The molecule has 2 aliphatic heterocycles. The molecule has 4 heterocycles. The van der Waals surface area contributed by atoms with Gasteiger partial charge in [0.05, 0.1) is 4.47 Å². The fraction of sp³-hybridized carbons (Fsp3) is 0.562. The number of pyridine rings is 1. The van der Waals surface area contributed by atoms with Gasteiger partial charge in [-0.2, -0.15) is 0 Å². The Morgan fingerprint density at radius 2 is 2.00 bits per heavy atom. The van der Waals surface area contributed by atoms with Gasteiger partial charge in [0.1, 0.15) is 18.0 Å². The number of rotatable bonds is 2. The Bertz CT molecular complexity index is 647. The van der Waals surface area contributed by atoms with Crippen LogP contribution in [0.3, 0.4) is 0 Å². The number of fused-ring (bicyclic) bond motifs is 1. The van der Waals surface area contributed by atoms with Crippen molar-refractivity contribution >= 4 is 21.7 Å². The molecule has 0 N–H and O–H groups in total. The van der Waals surface area contributed by atoms with Gasteiger partial charge in [-0.15, -0.1) is 10.2 Å². The molecule has 2 aromatic heterocycles. The van der Waals surface area contributed by atoms with Crippen LogP contribution in [0, 0.1) is 5.92 Å². The maximum absolute atomic E-state index is 4.52. The quantitative estimate of drug-likeness (QED) is 0.823. The molecule has 0 spiro atoms. The molecule has 116 valence electrons. The fourth-order valence-electron chi connectivity index (χ4n) is 3.90. The number of aryl methyl sites for hydroxylation is 1. The third-order valence-electron chi connectivity index (χ3n) is 5.04. The van der Waals surface area contributed by atoms with Crippen LogP contribution in [-0.4, -0.2) is 32.8 Å². The lowest BCUT2D eigenvalue weighted by Gasteiger charge is -2.37. The summed E-state index contributed by atoms with van der Waals surface area (Å²) in [5.74, 6) is 3.60. The SMILES string of the molecule is Brc1cccnc1N1CCC(C2CCCn3cnnc32)CC1. The van der Waals surface area contributed by atoms with Gasteiger partial charge in [-0.1, -0.05) is 0 Å². The fourth-order valence-corrected chi connectivity index (χ4v) is 4.41. The Morgan fingerprint density at radius 3 is 2.82 bits per heavy atom. The van der Waals surface area contributed by atoms with Crippen LogP contribution in [0.2, 0.25) is 0 Å². The molecule has 2 aromatic rings. The Hall–Kier alpha value is -1.43. The van der Waals surface area contributed by atoms with E-state index in [-0.39, 0.29) is 0 Å². The molecule has 1 saturated heterocycles. The van der Waals surface area contributed by atoms with E-state index in [1.807, 2.05) is 18.6 Å². The summed E-state index contributed by atoms with van der Waals surface area (Å²) in [7, 11) is 0. The summed E-state index contributed by atoms with van der Waals surface area (Å²) >= 11 is 3.61. The van der Waals surface area contributed by atoms with Gasteiger partial charge in [0.2, 0.25) is 0 Å². The van der Waals surface area contributed by atoms with Crippen molar-refractivity contribution in [1.82, 2.24) is 19.7 Å². The third kappa shape index (κ3) is 2.53. The average Bonchev–Trinajstić information content (AvgIpc) is 3.04. The lowest BCUT2D eigenvalue weighted by Crippen LogP contribution is -2.37. The van der Waals surface area contributed by atoms with E-state index in [1.165, 1.54) is 31.5 Å². The van der Waals surface area contributed by atoms with Crippen LogP contribution in [0.5, 0.6) is 0 Å². The Balaban J connectivity index is 1.46. The molecule has 4 rings (SSSR count). The van der Waals surface area contributed by atoms with Crippen molar-refractivity contribution in [2.24, 2.45) is 5.92 Å². The summed E-state index contributed by atoms with van der Waals surface area (Å²) < 4.78 is 3.33. The summed E-state index contributed by atoms with van der Waals surface area (Å²) in [6.45, 7) is 3.23. The number of anilines is 1.